The summed E-state index contributed by atoms with van der Waals surface area (Å²) in [6, 6.07) is 8.51. The smallest absolute Gasteiger partial charge is 0.336 e. The van der Waals surface area contributed by atoms with Crippen molar-refractivity contribution in [1.82, 2.24) is 4.74 Å². The van der Waals surface area contributed by atoms with Crippen LogP contribution in [-0.2, 0) is 7.05 Å². The van der Waals surface area contributed by atoms with Crippen molar-refractivity contribution in [1.29, 1.82) is 0 Å². The molecule has 0 aliphatic carbocycles. The molecule has 0 bridgehead atoms. The van der Waals surface area contributed by atoms with Gasteiger partial charge in [0.2, 0.25) is 0 Å². The van der Waals surface area contributed by atoms with Crippen LogP contribution in [0.3, 0.4) is 0 Å². The molecule has 4 heteroatoms. The van der Waals surface area contributed by atoms with Gasteiger partial charge in [0.05, 0.1) is 11.8 Å². The standard InChI is InChI=1S/C12H11NO3/c1-8(14)9-5-3-4-6-10(9)11-7-12(15)16-13(11)2/h3-7H,1-2H3. The van der Waals surface area contributed by atoms with Crippen molar-refractivity contribution in [3.8, 4) is 11.3 Å². The Morgan fingerprint density at radius 3 is 2.56 bits per heavy atom. The first-order valence-corrected chi connectivity index (χ1v) is 4.87. The lowest BCUT2D eigenvalue weighted by Crippen LogP contribution is -1.98. The van der Waals surface area contributed by atoms with E-state index in [4.69, 9.17) is 4.52 Å². The van der Waals surface area contributed by atoms with E-state index in [1.54, 1.807) is 25.2 Å². The third kappa shape index (κ3) is 1.69. The molecule has 0 aliphatic heterocycles. The van der Waals surface area contributed by atoms with Gasteiger partial charge in [0.1, 0.15) is 0 Å². The van der Waals surface area contributed by atoms with E-state index in [1.807, 2.05) is 6.07 Å². The second-order valence-electron chi connectivity index (χ2n) is 3.54. The Labute approximate surface area is 92.1 Å². The number of nitrogens with zero attached hydrogens (tertiary/aromatic N) is 1. The van der Waals surface area contributed by atoms with E-state index in [9.17, 15) is 9.59 Å². The number of carbonyl (C=O) groups excluding carboxylic acids is 1. The van der Waals surface area contributed by atoms with E-state index in [-0.39, 0.29) is 5.78 Å². The van der Waals surface area contributed by atoms with Crippen LogP contribution in [0.4, 0.5) is 0 Å². The van der Waals surface area contributed by atoms with E-state index in [0.717, 1.165) is 0 Å². The maximum atomic E-state index is 11.4. The number of ketones is 1. The Hall–Kier alpha value is -2.10. The summed E-state index contributed by atoms with van der Waals surface area (Å²) in [6.45, 7) is 1.50. The molecular formula is C12H11NO3. The number of carbonyl (C=O) groups is 1. The van der Waals surface area contributed by atoms with Crippen LogP contribution in [0.25, 0.3) is 11.3 Å². The number of hydrogen-bond donors (Lipinski definition) is 0. The van der Waals surface area contributed by atoms with Crippen LogP contribution < -0.4 is 5.63 Å². The van der Waals surface area contributed by atoms with Gasteiger partial charge in [-0.05, 0) is 6.92 Å². The van der Waals surface area contributed by atoms with Crippen LogP contribution in [-0.4, -0.2) is 10.5 Å². The number of Topliss-reactive ketones (excluding diaryl/α,β-unsaturated/α-hetero) is 1. The van der Waals surface area contributed by atoms with Crippen molar-refractivity contribution in [2.45, 2.75) is 6.92 Å². The molecule has 0 spiro atoms. The molecule has 82 valence electrons. The van der Waals surface area contributed by atoms with Crippen LogP contribution in [0, 0.1) is 0 Å². The topological polar surface area (TPSA) is 52.2 Å². The van der Waals surface area contributed by atoms with Gasteiger partial charge in [-0.25, -0.2) is 9.53 Å². The van der Waals surface area contributed by atoms with Crippen LogP contribution in [0.1, 0.15) is 17.3 Å². The average molecular weight is 217 g/mol. The van der Waals surface area contributed by atoms with Gasteiger partial charge >= 0.3 is 5.63 Å². The summed E-state index contributed by atoms with van der Waals surface area (Å²) in [6.07, 6.45) is 0. The Bertz CT molecular complexity index is 592. The highest BCUT2D eigenvalue weighted by Gasteiger charge is 2.12. The molecule has 1 aromatic carbocycles. The third-order valence-corrected chi connectivity index (χ3v) is 2.40. The van der Waals surface area contributed by atoms with Gasteiger partial charge in [-0.1, -0.05) is 24.3 Å². The number of aryl methyl sites for hydroxylation is 1. The zero-order valence-electron chi connectivity index (χ0n) is 9.06. The van der Waals surface area contributed by atoms with E-state index >= 15 is 0 Å². The zero-order valence-corrected chi connectivity index (χ0v) is 9.06. The van der Waals surface area contributed by atoms with E-state index < -0.39 is 5.63 Å². The molecule has 0 atom stereocenters. The minimum absolute atomic E-state index is 0.0377. The lowest BCUT2D eigenvalue weighted by Gasteiger charge is -2.05. The minimum atomic E-state index is -0.421. The molecule has 0 N–H and O–H groups in total. The van der Waals surface area contributed by atoms with Crippen LogP contribution in [0.5, 0.6) is 0 Å². The van der Waals surface area contributed by atoms with Crippen molar-refractivity contribution in [2.24, 2.45) is 7.05 Å². The number of rotatable bonds is 2. The highest BCUT2D eigenvalue weighted by Crippen LogP contribution is 2.22. The molecule has 1 aromatic heterocycles. The predicted octanol–water partition coefficient (Wildman–Crippen LogP) is 1.85. The predicted molar refractivity (Wildman–Crippen MR) is 59.4 cm³/mol. The summed E-state index contributed by atoms with van der Waals surface area (Å²) in [5.74, 6) is -0.0377. The fraction of sp³-hybridized carbons (Fsp3) is 0.167. The van der Waals surface area contributed by atoms with Crippen LogP contribution >= 0.6 is 0 Å². The summed E-state index contributed by atoms with van der Waals surface area (Å²) in [5, 5.41) is 0. The quantitative estimate of drug-likeness (QED) is 0.721. The third-order valence-electron chi connectivity index (χ3n) is 2.40. The van der Waals surface area contributed by atoms with Crippen molar-refractivity contribution in [3.05, 3.63) is 46.3 Å². The van der Waals surface area contributed by atoms with Crippen molar-refractivity contribution < 1.29 is 9.32 Å². The molecule has 0 saturated heterocycles. The van der Waals surface area contributed by atoms with E-state index in [1.165, 1.54) is 17.7 Å². The van der Waals surface area contributed by atoms with Gasteiger partial charge < -0.3 is 4.52 Å². The summed E-state index contributed by atoms with van der Waals surface area (Å²) in [4.78, 5) is 22.5. The Morgan fingerprint density at radius 2 is 2.00 bits per heavy atom. The van der Waals surface area contributed by atoms with Crippen molar-refractivity contribution in [3.63, 3.8) is 0 Å². The SMILES string of the molecule is CC(=O)c1ccccc1-c1cc(=O)on1C. The van der Waals surface area contributed by atoms with Gasteiger partial charge in [-0.2, -0.15) is 0 Å². The summed E-state index contributed by atoms with van der Waals surface area (Å²) < 4.78 is 6.22. The fourth-order valence-electron chi connectivity index (χ4n) is 1.67. The highest BCUT2D eigenvalue weighted by atomic mass is 16.5. The van der Waals surface area contributed by atoms with Crippen LogP contribution in [0.15, 0.2) is 39.6 Å². The molecule has 0 amide bonds. The molecule has 0 aliphatic rings. The fourth-order valence-corrected chi connectivity index (χ4v) is 1.67. The van der Waals surface area contributed by atoms with Gasteiger partial charge in [-0.15, -0.1) is 0 Å². The maximum Gasteiger partial charge on any atom is 0.358 e. The molecular weight excluding hydrogens is 206 g/mol. The van der Waals surface area contributed by atoms with E-state index in [2.05, 4.69) is 0 Å². The van der Waals surface area contributed by atoms with Gasteiger partial charge in [0, 0.05) is 18.2 Å². The summed E-state index contributed by atoms with van der Waals surface area (Å²) in [5.41, 5.74) is 1.48. The number of hydrogen-bond acceptors (Lipinski definition) is 3. The number of aromatic nitrogens is 1. The first-order chi connectivity index (χ1) is 7.59. The average Bonchev–Trinajstić information content (AvgIpc) is 2.57. The molecule has 1 heterocycles. The van der Waals surface area contributed by atoms with Crippen LogP contribution in [0.2, 0.25) is 0 Å². The first-order valence-electron chi connectivity index (χ1n) is 4.87. The molecule has 0 saturated carbocycles. The Kier molecular flexibility index (Phi) is 2.48. The minimum Gasteiger partial charge on any atom is -0.336 e. The second-order valence-corrected chi connectivity index (χ2v) is 3.54. The largest absolute Gasteiger partial charge is 0.358 e. The normalized spacial score (nSPS) is 10.4. The van der Waals surface area contributed by atoms with Gasteiger partial charge in [0.15, 0.2) is 5.78 Å². The van der Waals surface area contributed by atoms with E-state index in [0.29, 0.717) is 16.8 Å². The molecule has 2 rings (SSSR count). The lowest BCUT2D eigenvalue weighted by atomic mass is 10.0. The Morgan fingerprint density at radius 1 is 1.31 bits per heavy atom. The molecule has 0 unspecified atom stereocenters. The highest BCUT2D eigenvalue weighted by molar-refractivity contribution is 6.00. The van der Waals surface area contributed by atoms with Crippen molar-refractivity contribution >= 4 is 5.78 Å². The van der Waals surface area contributed by atoms with Crippen molar-refractivity contribution in [2.75, 3.05) is 0 Å². The maximum absolute atomic E-state index is 11.4. The van der Waals surface area contributed by atoms with Gasteiger partial charge in [0.25, 0.3) is 0 Å². The monoisotopic (exact) mass is 217 g/mol. The zero-order chi connectivity index (χ0) is 11.7. The molecule has 16 heavy (non-hydrogen) atoms. The number of benzene rings is 1. The van der Waals surface area contributed by atoms with Gasteiger partial charge in [-0.3, -0.25) is 4.79 Å². The Balaban J connectivity index is 2.69. The molecule has 0 radical (unpaired) electrons. The summed E-state index contributed by atoms with van der Waals surface area (Å²) >= 11 is 0. The molecule has 2 aromatic rings. The molecule has 0 fully saturated rings. The summed E-state index contributed by atoms with van der Waals surface area (Å²) in [7, 11) is 1.63. The second kappa shape index (κ2) is 3.81. The first kappa shape index (κ1) is 10.4. The molecule has 4 nitrogen and oxygen atoms in total. The lowest BCUT2D eigenvalue weighted by molar-refractivity contribution is 0.101.